The Bertz CT molecular complexity index is 950. The normalized spacial score (nSPS) is 12.4. The quantitative estimate of drug-likeness (QED) is 0.181. The van der Waals surface area contributed by atoms with Crippen LogP contribution >= 0.6 is 12.6 Å². The maximum Gasteiger partial charge on any atom is 0.339 e. The molecule has 29 heavy (non-hydrogen) atoms. The van der Waals surface area contributed by atoms with Gasteiger partial charge in [-0.25, -0.2) is 18.7 Å². The average molecular weight is 439 g/mol. The van der Waals surface area contributed by atoms with Crippen molar-refractivity contribution < 1.29 is 28.0 Å². The summed E-state index contributed by atoms with van der Waals surface area (Å²) >= 11 is 4.46. The molecule has 0 saturated heterocycles. The van der Waals surface area contributed by atoms with Crippen molar-refractivity contribution in [1.82, 2.24) is 9.79 Å². The monoisotopic (exact) mass is 438 g/mol. The third kappa shape index (κ3) is 5.80. The van der Waals surface area contributed by atoms with Crippen molar-refractivity contribution in [2.75, 3.05) is 13.7 Å². The number of ether oxygens (including phenoxy) is 1. The topological polar surface area (TPSA) is 113 Å². The number of sulfonamides is 1. The fourth-order valence-electron chi connectivity index (χ4n) is 2.72. The minimum absolute atomic E-state index is 0.119. The van der Waals surface area contributed by atoms with E-state index in [1.807, 2.05) is 30.3 Å². The summed E-state index contributed by atoms with van der Waals surface area (Å²) in [6.07, 6.45) is -0.0215. The minimum Gasteiger partial charge on any atom is -0.465 e. The molecule has 1 atom stereocenters. The molecule has 2 aromatic carbocycles. The molecule has 0 aliphatic carbocycles. The van der Waals surface area contributed by atoms with Crippen molar-refractivity contribution in [1.29, 1.82) is 0 Å². The molecule has 0 aliphatic rings. The van der Waals surface area contributed by atoms with Crippen molar-refractivity contribution in [3.8, 4) is 0 Å². The van der Waals surface area contributed by atoms with Crippen molar-refractivity contribution in [3.05, 3.63) is 65.7 Å². The first kappa shape index (κ1) is 22.9. The Balaban J connectivity index is 2.43. The molecule has 2 N–H and O–H groups in total. The number of amides is 1. The van der Waals surface area contributed by atoms with E-state index in [9.17, 15) is 18.0 Å². The Hall–Kier alpha value is -2.40. The van der Waals surface area contributed by atoms with Gasteiger partial charge in [0.25, 0.3) is 0 Å². The van der Waals surface area contributed by atoms with Crippen LogP contribution in [0, 0.1) is 0 Å². The first-order chi connectivity index (χ1) is 13.8. The van der Waals surface area contributed by atoms with Gasteiger partial charge in [-0.2, -0.15) is 16.9 Å². The maximum absolute atomic E-state index is 13.4. The summed E-state index contributed by atoms with van der Waals surface area (Å²) in [4.78, 5) is 23.3. The van der Waals surface area contributed by atoms with Gasteiger partial charge in [0.05, 0.1) is 22.9 Å². The minimum atomic E-state index is -4.22. The van der Waals surface area contributed by atoms with E-state index in [-0.39, 0.29) is 29.8 Å². The molecule has 2 aromatic rings. The third-order valence-electron chi connectivity index (χ3n) is 4.16. The van der Waals surface area contributed by atoms with Crippen molar-refractivity contribution in [2.45, 2.75) is 23.1 Å². The van der Waals surface area contributed by atoms with Gasteiger partial charge >= 0.3 is 5.97 Å². The Kier molecular flexibility index (Phi) is 8.21. The smallest absolute Gasteiger partial charge is 0.339 e. The molecule has 1 amide bonds. The molecule has 0 aliphatic heterocycles. The van der Waals surface area contributed by atoms with Crippen LogP contribution in [0.4, 0.5) is 0 Å². The van der Waals surface area contributed by atoms with Crippen LogP contribution in [0.25, 0.3) is 0 Å². The molecule has 0 fully saturated rings. The van der Waals surface area contributed by atoms with Crippen LogP contribution in [0.15, 0.2) is 59.5 Å². The average Bonchev–Trinajstić information content (AvgIpc) is 2.73. The van der Waals surface area contributed by atoms with Crippen LogP contribution in [0.2, 0.25) is 0 Å². The highest BCUT2D eigenvalue weighted by molar-refractivity contribution is 7.90. The second-order valence-corrected chi connectivity index (χ2v) is 8.51. The van der Waals surface area contributed by atoms with Crippen LogP contribution in [0.1, 0.15) is 22.3 Å². The van der Waals surface area contributed by atoms with E-state index >= 15 is 0 Å². The molecule has 0 bridgehead atoms. The standard InChI is InChI=1S/C19H22N2O6S2/c1-27-19(23)15-9-5-6-10-16(15)29(25,26)21(12-11-17(22)20-24)18(28)13-14-7-3-2-4-8-14/h2-10,18,24,28H,11-13H2,1H3,(H,20,22). The van der Waals surface area contributed by atoms with Gasteiger partial charge in [0, 0.05) is 13.0 Å². The van der Waals surface area contributed by atoms with Gasteiger partial charge in [-0.15, -0.1) is 0 Å². The molecule has 0 saturated carbocycles. The molecule has 156 valence electrons. The van der Waals surface area contributed by atoms with Crippen LogP contribution in [0.5, 0.6) is 0 Å². The van der Waals surface area contributed by atoms with E-state index in [0.29, 0.717) is 0 Å². The van der Waals surface area contributed by atoms with Gasteiger partial charge in [0.15, 0.2) is 0 Å². The number of nitrogens with zero attached hydrogens (tertiary/aromatic N) is 1. The summed E-state index contributed by atoms with van der Waals surface area (Å²) in [7, 11) is -3.06. The summed E-state index contributed by atoms with van der Waals surface area (Å²) < 4.78 is 32.5. The van der Waals surface area contributed by atoms with Crippen LogP contribution in [-0.4, -0.2) is 48.8 Å². The molecule has 8 nitrogen and oxygen atoms in total. The van der Waals surface area contributed by atoms with Gasteiger partial charge in [0.1, 0.15) is 0 Å². The number of carbonyl (C=O) groups is 2. The fourth-order valence-corrected chi connectivity index (χ4v) is 5.08. The Morgan fingerprint density at radius 3 is 2.38 bits per heavy atom. The zero-order chi connectivity index (χ0) is 21.4. The number of hydrogen-bond acceptors (Lipinski definition) is 7. The predicted molar refractivity (Wildman–Crippen MR) is 109 cm³/mol. The molecule has 0 heterocycles. The molecule has 0 radical (unpaired) electrons. The number of methoxy groups -OCH3 is 1. The van der Waals surface area contributed by atoms with E-state index in [2.05, 4.69) is 17.4 Å². The number of esters is 1. The number of thiol groups is 1. The number of benzene rings is 2. The lowest BCUT2D eigenvalue weighted by molar-refractivity contribution is -0.129. The second-order valence-electron chi connectivity index (χ2n) is 6.06. The molecule has 10 heteroatoms. The van der Waals surface area contributed by atoms with E-state index in [1.54, 1.807) is 0 Å². The zero-order valence-corrected chi connectivity index (χ0v) is 17.4. The lowest BCUT2D eigenvalue weighted by Crippen LogP contribution is -2.41. The lowest BCUT2D eigenvalue weighted by Gasteiger charge is -2.28. The number of hydroxylamine groups is 1. The summed E-state index contributed by atoms with van der Waals surface area (Å²) in [6, 6.07) is 14.8. The van der Waals surface area contributed by atoms with Gasteiger partial charge in [-0.3, -0.25) is 10.0 Å². The summed E-state index contributed by atoms with van der Waals surface area (Å²) in [5.74, 6) is -1.54. The van der Waals surface area contributed by atoms with Crippen LogP contribution < -0.4 is 5.48 Å². The highest BCUT2D eigenvalue weighted by Crippen LogP contribution is 2.26. The first-order valence-corrected chi connectivity index (χ1v) is 10.6. The molecule has 1 unspecified atom stereocenters. The summed E-state index contributed by atoms with van der Waals surface area (Å²) in [6.45, 7) is -0.245. The highest BCUT2D eigenvalue weighted by atomic mass is 32.2. The van der Waals surface area contributed by atoms with Gasteiger partial charge in [-0.05, 0) is 24.1 Å². The summed E-state index contributed by atoms with van der Waals surface area (Å²) in [5.41, 5.74) is 2.21. The predicted octanol–water partition coefficient (Wildman–Crippen LogP) is 1.86. The van der Waals surface area contributed by atoms with E-state index in [0.717, 1.165) is 17.0 Å². The number of nitrogens with one attached hydrogen (secondary N) is 1. The van der Waals surface area contributed by atoms with Gasteiger partial charge in [0.2, 0.25) is 15.9 Å². The third-order valence-corrected chi connectivity index (χ3v) is 6.74. The number of carbonyl (C=O) groups excluding carboxylic acids is 2. The molecule has 0 aromatic heterocycles. The van der Waals surface area contributed by atoms with Crippen molar-refractivity contribution >= 4 is 34.5 Å². The molecule has 2 rings (SSSR count). The van der Waals surface area contributed by atoms with Crippen LogP contribution in [-0.2, 0) is 26.0 Å². The Morgan fingerprint density at radius 1 is 1.14 bits per heavy atom. The van der Waals surface area contributed by atoms with Crippen molar-refractivity contribution in [2.24, 2.45) is 0 Å². The van der Waals surface area contributed by atoms with E-state index < -0.39 is 27.3 Å². The largest absolute Gasteiger partial charge is 0.465 e. The Labute approximate surface area is 174 Å². The van der Waals surface area contributed by atoms with Crippen LogP contribution in [0.3, 0.4) is 0 Å². The summed E-state index contributed by atoms with van der Waals surface area (Å²) in [5, 5.41) is 7.92. The van der Waals surface area contributed by atoms with Gasteiger partial charge in [-0.1, -0.05) is 42.5 Å². The lowest BCUT2D eigenvalue weighted by atomic mass is 10.1. The van der Waals surface area contributed by atoms with E-state index in [1.165, 1.54) is 29.7 Å². The number of rotatable bonds is 9. The molecular weight excluding hydrogens is 416 g/mol. The molecule has 0 spiro atoms. The maximum atomic E-state index is 13.4. The zero-order valence-electron chi connectivity index (χ0n) is 15.7. The van der Waals surface area contributed by atoms with Gasteiger partial charge < -0.3 is 4.74 Å². The van der Waals surface area contributed by atoms with Crippen molar-refractivity contribution in [3.63, 3.8) is 0 Å². The first-order valence-electron chi connectivity index (χ1n) is 8.65. The second kappa shape index (κ2) is 10.4. The van der Waals surface area contributed by atoms with E-state index in [4.69, 9.17) is 5.21 Å². The SMILES string of the molecule is COC(=O)c1ccccc1S(=O)(=O)N(CCC(=O)NO)C(S)Cc1ccccc1. The highest BCUT2D eigenvalue weighted by Gasteiger charge is 2.33. The fraction of sp³-hybridized carbons (Fsp3) is 0.263. The molecular formula is C19H22N2O6S2. The Morgan fingerprint density at radius 2 is 1.76 bits per heavy atom. The number of hydrogen-bond donors (Lipinski definition) is 3.